The van der Waals surface area contributed by atoms with Gasteiger partial charge in [-0.05, 0) is 37.6 Å². The molecule has 1 aliphatic rings. The average molecular weight is 421 g/mol. The number of aromatic nitrogens is 2. The van der Waals surface area contributed by atoms with Crippen molar-refractivity contribution in [3.8, 4) is 0 Å². The molecule has 1 aliphatic heterocycles. The Balaban J connectivity index is 1.39. The van der Waals surface area contributed by atoms with Crippen LogP contribution in [0.2, 0.25) is 0 Å². The summed E-state index contributed by atoms with van der Waals surface area (Å²) in [6, 6.07) is 14.8. The van der Waals surface area contributed by atoms with E-state index in [0.29, 0.717) is 25.7 Å². The van der Waals surface area contributed by atoms with Crippen LogP contribution in [0.3, 0.4) is 0 Å². The molecule has 2 aromatic heterocycles. The Labute approximate surface area is 184 Å². The summed E-state index contributed by atoms with van der Waals surface area (Å²) < 4.78 is 8.19. The molecule has 1 unspecified atom stereocenters. The molecule has 0 radical (unpaired) electrons. The maximum atomic E-state index is 13.0. The highest BCUT2D eigenvalue weighted by Crippen LogP contribution is 2.26. The minimum atomic E-state index is -0.416. The third kappa shape index (κ3) is 4.97. The molecule has 3 aromatic rings. The van der Waals surface area contributed by atoms with Crippen LogP contribution in [0.25, 0.3) is 10.9 Å². The number of carbonyl (C=O) groups is 1. The largest absolute Gasteiger partial charge is 0.366 e. The zero-order chi connectivity index (χ0) is 21.8. The van der Waals surface area contributed by atoms with Gasteiger partial charge in [-0.1, -0.05) is 24.3 Å². The second-order valence-corrected chi connectivity index (χ2v) is 8.60. The lowest BCUT2D eigenvalue weighted by Gasteiger charge is -2.34. The molecule has 31 heavy (non-hydrogen) atoms. The summed E-state index contributed by atoms with van der Waals surface area (Å²) in [6.07, 6.45) is 4.38. The van der Waals surface area contributed by atoms with Gasteiger partial charge >= 0.3 is 0 Å². The number of carbonyl (C=O) groups excluding carboxylic acids is 1. The van der Waals surface area contributed by atoms with Gasteiger partial charge in [0.25, 0.3) is 5.91 Å². The number of hydrogen-bond donors (Lipinski definition) is 0. The number of nitrogens with zero attached hydrogens (tertiary/aromatic N) is 4. The van der Waals surface area contributed by atoms with E-state index in [0.717, 1.165) is 25.2 Å². The monoisotopic (exact) mass is 420 g/mol. The number of ether oxygens (including phenoxy) is 1. The highest BCUT2D eigenvalue weighted by Gasteiger charge is 2.29. The molecular formula is C25H32N4O2. The van der Waals surface area contributed by atoms with Gasteiger partial charge in [-0.25, -0.2) is 0 Å². The fraction of sp³-hybridized carbons (Fsp3) is 0.440. The van der Waals surface area contributed by atoms with Crippen LogP contribution >= 0.6 is 0 Å². The Morgan fingerprint density at radius 1 is 1.23 bits per heavy atom. The first kappa shape index (κ1) is 21.5. The van der Waals surface area contributed by atoms with Gasteiger partial charge in [-0.2, -0.15) is 0 Å². The van der Waals surface area contributed by atoms with E-state index in [4.69, 9.17) is 4.74 Å². The third-order valence-corrected chi connectivity index (χ3v) is 6.01. The van der Waals surface area contributed by atoms with Crippen LogP contribution in [0.4, 0.5) is 0 Å². The summed E-state index contributed by atoms with van der Waals surface area (Å²) in [5, 5.41) is 1.29. The second kappa shape index (κ2) is 9.62. The molecule has 1 atom stereocenters. The van der Waals surface area contributed by atoms with E-state index in [1.54, 1.807) is 11.1 Å². The number of pyridine rings is 1. The molecule has 0 bridgehead atoms. The molecular weight excluding hydrogens is 388 g/mol. The predicted molar refractivity (Wildman–Crippen MR) is 123 cm³/mol. The Morgan fingerprint density at radius 2 is 2.03 bits per heavy atom. The Hall–Kier alpha value is -2.70. The molecule has 3 heterocycles. The molecule has 164 valence electrons. The van der Waals surface area contributed by atoms with E-state index in [2.05, 4.69) is 58.8 Å². The molecule has 4 rings (SSSR count). The van der Waals surface area contributed by atoms with Crippen LogP contribution < -0.4 is 0 Å². The molecule has 1 aromatic carbocycles. The fourth-order valence-electron chi connectivity index (χ4n) is 4.25. The normalized spacial score (nSPS) is 17.4. The van der Waals surface area contributed by atoms with Gasteiger partial charge in [0.2, 0.25) is 0 Å². The standard InChI is InChI=1S/C25H32N4O2/c1-19(2)29-17-20(22-9-4-5-10-23(22)29)16-28-14-15-31-24(18-28)25(30)27(3)13-11-21-8-6-7-12-26-21/h4-10,12,17,19,24H,11,13-16,18H2,1-3H3. The quantitative estimate of drug-likeness (QED) is 0.587. The summed E-state index contributed by atoms with van der Waals surface area (Å²) in [6.45, 7) is 7.91. The number of fused-ring (bicyclic) bond motifs is 1. The first-order valence-electron chi connectivity index (χ1n) is 11.1. The molecule has 6 nitrogen and oxygen atoms in total. The van der Waals surface area contributed by atoms with Gasteiger partial charge < -0.3 is 14.2 Å². The van der Waals surface area contributed by atoms with Crippen LogP contribution in [0, 0.1) is 0 Å². The van der Waals surface area contributed by atoms with Crippen molar-refractivity contribution in [1.82, 2.24) is 19.4 Å². The van der Waals surface area contributed by atoms with Crippen molar-refractivity contribution >= 4 is 16.8 Å². The van der Waals surface area contributed by atoms with Crippen LogP contribution in [0.15, 0.2) is 54.9 Å². The SMILES string of the molecule is CC(C)n1cc(CN2CCOC(C(=O)N(C)CCc3ccccn3)C2)c2ccccc21. The van der Waals surface area contributed by atoms with Crippen molar-refractivity contribution in [3.63, 3.8) is 0 Å². The van der Waals surface area contributed by atoms with Crippen molar-refractivity contribution in [3.05, 3.63) is 66.1 Å². The number of para-hydroxylation sites is 1. The van der Waals surface area contributed by atoms with Gasteiger partial charge in [0.15, 0.2) is 0 Å². The minimum absolute atomic E-state index is 0.0465. The second-order valence-electron chi connectivity index (χ2n) is 8.60. The average Bonchev–Trinajstić information content (AvgIpc) is 3.16. The lowest BCUT2D eigenvalue weighted by atomic mass is 10.1. The van der Waals surface area contributed by atoms with E-state index in [1.165, 1.54) is 16.5 Å². The van der Waals surface area contributed by atoms with Gasteiger partial charge in [-0.15, -0.1) is 0 Å². The Morgan fingerprint density at radius 3 is 2.81 bits per heavy atom. The van der Waals surface area contributed by atoms with Gasteiger partial charge in [0.1, 0.15) is 6.10 Å². The van der Waals surface area contributed by atoms with Gasteiger partial charge in [-0.3, -0.25) is 14.7 Å². The first-order chi connectivity index (χ1) is 15.0. The molecule has 0 saturated carbocycles. The summed E-state index contributed by atoms with van der Waals surface area (Å²) in [5.74, 6) is 0.0465. The Bertz CT molecular complexity index is 1010. The number of amides is 1. The van der Waals surface area contributed by atoms with Crippen molar-refractivity contribution in [2.45, 2.75) is 39.0 Å². The van der Waals surface area contributed by atoms with Crippen LogP contribution in [0.1, 0.15) is 31.1 Å². The molecule has 1 saturated heterocycles. The van der Waals surface area contributed by atoms with Crippen LogP contribution in [-0.4, -0.2) is 64.7 Å². The highest BCUT2D eigenvalue weighted by atomic mass is 16.5. The van der Waals surface area contributed by atoms with Crippen molar-refractivity contribution in [2.24, 2.45) is 0 Å². The third-order valence-electron chi connectivity index (χ3n) is 6.01. The number of benzene rings is 1. The molecule has 6 heteroatoms. The summed E-state index contributed by atoms with van der Waals surface area (Å²) in [4.78, 5) is 21.4. The first-order valence-corrected chi connectivity index (χ1v) is 11.1. The van der Waals surface area contributed by atoms with Crippen molar-refractivity contribution in [1.29, 1.82) is 0 Å². The van der Waals surface area contributed by atoms with Crippen molar-refractivity contribution < 1.29 is 9.53 Å². The van der Waals surface area contributed by atoms with Gasteiger partial charge in [0, 0.05) is 74.7 Å². The topological polar surface area (TPSA) is 50.6 Å². The van der Waals surface area contributed by atoms with E-state index < -0.39 is 6.10 Å². The number of rotatable bonds is 7. The van der Waals surface area contributed by atoms with Crippen LogP contribution in [0.5, 0.6) is 0 Å². The summed E-state index contributed by atoms with van der Waals surface area (Å²) in [5.41, 5.74) is 3.57. The smallest absolute Gasteiger partial charge is 0.252 e. The molecule has 0 N–H and O–H groups in total. The van der Waals surface area contributed by atoms with Crippen molar-refractivity contribution in [2.75, 3.05) is 33.3 Å². The Kier molecular flexibility index (Phi) is 6.68. The molecule has 0 spiro atoms. The van der Waals surface area contributed by atoms with E-state index in [1.807, 2.05) is 25.2 Å². The molecule has 0 aliphatic carbocycles. The fourth-order valence-corrected chi connectivity index (χ4v) is 4.25. The summed E-state index contributed by atoms with van der Waals surface area (Å²) in [7, 11) is 1.85. The van der Waals surface area contributed by atoms with Gasteiger partial charge in [0.05, 0.1) is 6.61 Å². The highest BCUT2D eigenvalue weighted by molar-refractivity contribution is 5.84. The maximum absolute atomic E-state index is 13.0. The van der Waals surface area contributed by atoms with Crippen LogP contribution in [-0.2, 0) is 22.5 Å². The lowest BCUT2D eigenvalue weighted by Crippen LogP contribution is -2.50. The number of likely N-dealkylation sites (N-methyl/N-ethyl adjacent to an activating group) is 1. The number of hydrogen-bond acceptors (Lipinski definition) is 4. The molecule has 1 amide bonds. The van der Waals surface area contributed by atoms with E-state index >= 15 is 0 Å². The maximum Gasteiger partial charge on any atom is 0.252 e. The number of morpholine rings is 1. The lowest BCUT2D eigenvalue weighted by molar-refractivity contribution is -0.148. The summed E-state index contributed by atoms with van der Waals surface area (Å²) >= 11 is 0. The van der Waals surface area contributed by atoms with E-state index in [-0.39, 0.29) is 5.91 Å². The van der Waals surface area contributed by atoms with E-state index in [9.17, 15) is 4.79 Å². The minimum Gasteiger partial charge on any atom is -0.366 e. The zero-order valence-electron chi connectivity index (χ0n) is 18.7. The zero-order valence-corrected chi connectivity index (χ0v) is 18.7. The predicted octanol–water partition coefficient (Wildman–Crippen LogP) is 3.52. The molecule has 1 fully saturated rings.